The molecule has 0 heterocycles. The van der Waals surface area contributed by atoms with Crippen molar-refractivity contribution in [3.05, 3.63) is 113 Å². The molecule has 0 radical (unpaired) electrons. The molecule has 0 aliphatic rings. The summed E-state index contributed by atoms with van der Waals surface area (Å²) in [6, 6.07) is 17.9. The molecule has 0 aliphatic heterocycles. The summed E-state index contributed by atoms with van der Waals surface area (Å²) in [5.74, 6) is -7.88. The van der Waals surface area contributed by atoms with Gasteiger partial charge in [0.1, 0.15) is 11.6 Å². The lowest BCUT2D eigenvalue weighted by molar-refractivity contribution is -0.0410. The van der Waals surface area contributed by atoms with Crippen molar-refractivity contribution < 1.29 is 31.1 Å². The lowest BCUT2D eigenvalue weighted by Crippen LogP contribution is -2.28. The van der Waals surface area contributed by atoms with Crippen LogP contribution in [0.2, 0.25) is 0 Å². The van der Waals surface area contributed by atoms with Gasteiger partial charge in [-0.2, -0.15) is 4.39 Å². The smallest absolute Gasteiger partial charge is 0.285 e. The number of hydrogen-bond donors (Lipinski definition) is 0. The summed E-state index contributed by atoms with van der Waals surface area (Å²) in [4.78, 5) is 0. The average molecular weight is 543 g/mol. The first kappa shape index (κ1) is 28.3. The summed E-state index contributed by atoms with van der Waals surface area (Å²) in [5, 5.41) is 0. The monoisotopic (exact) mass is 542 g/mol. The van der Waals surface area contributed by atoms with Crippen LogP contribution in [-0.4, -0.2) is 12.5 Å². The molecule has 0 atom stereocenters. The molecule has 0 bridgehead atoms. The average Bonchev–Trinajstić information content (AvgIpc) is 2.90. The van der Waals surface area contributed by atoms with E-state index in [2.05, 4.69) is 6.92 Å². The van der Waals surface area contributed by atoms with E-state index in [1.165, 1.54) is 24.3 Å². The summed E-state index contributed by atoms with van der Waals surface area (Å²) in [6.45, 7) is 2.50. The van der Waals surface area contributed by atoms with E-state index in [-0.39, 0.29) is 28.7 Å². The van der Waals surface area contributed by atoms with Gasteiger partial charge in [-0.25, -0.2) is 22.0 Å². The molecule has 0 saturated heterocycles. The topological polar surface area (TPSA) is 9.23 Å². The molecule has 39 heavy (non-hydrogen) atoms. The number of alkyl halides is 2. The Kier molecular flexibility index (Phi) is 8.68. The molecule has 0 N–H and O–H groups in total. The summed E-state index contributed by atoms with van der Waals surface area (Å²) in [5.41, 5.74) is 2.65. The van der Waals surface area contributed by atoms with Crippen molar-refractivity contribution in [1.82, 2.24) is 0 Å². The van der Waals surface area contributed by atoms with Gasteiger partial charge in [-0.1, -0.05) is 74.9 Å². The molecule has 1 nitrogen and oxygen atoms in total. The Labute approximate surface area is 224 Å². The molecule has 0 aromatic heterocycles. The Balaban J connectivity index is 1.46. The first-order valence-electron chi connectivity index (χ1n) is 12.8. The van der Waals surface area contributed by atoms with Crippen LogP contribution in [0, 0.1) is 23.3 Å². The Bertz CT molecular complexity index is 1450. The van der Waals surface area contributed by atoms with Crippen LogP contribution in [0.3, 0.4) is 0 Å². The van der Waals surface area contributed by atoms with Crippen molar-refractivity contribution in [2.45, 2.75) is 45.5 Å². The van der Waals surface area contributed by atoms with E-state index in [9.17, 15) is 26.3 Å². The van der Waals surface area contributed by atoms with Crippen LogP contribution in [0.1, 0.15) is 37.0 Å². The van der Waals surface area contributed by atoms with E-state index in [0.29, 0.717) is 11.1 Å². The number of ether oxygens (including phenoxy) is 1. The zero-order chi connectivity index (χ0) is 28.2. The van der Waals surface area contributed by atoms with Gasteiger partial charge in [-0.15, -0.1) is 0 Å². The molecule has 0 spiro atoms. The van der Waals surface area contributed by atoms with Crippen molar-refractivity contribution in [3.63, 3.8) is 0 Å². The van der Waals surface area contributed by atoms with Crippen molar-refractivity contribution in [3.8, 4) is 28.0 Å². The molecule has 7 heteroatoms. The molecule has 0 amide bonds. The summed E-state index contributed by atoms with van der Waals surface area (Å²) >= 11 is 0. The van der Waals surface area contributed by atoms with Crippen molar-refractivity contribution in [2.24, 2.45) is 0 Å². The number of hydrogen-bond acceptors (Lipinski definition) is 1. The number of rotatable bonds is 10. The van der Waals surface area contributed by atoms with Crippen molar-refractivity contribution in [2.75, 3.05) is 6.61 Å². The third-order valence-electron chi connectivity index (χ3n) is 6.53. The van der Waals surface area contributed by atoms with E-state index in [0.717, 1.165) is 30.5 Å². The molecular formula is C32H28F6O. The molecule has 4 rings (SSSR count). The standard InChI is InChI=1S/C32H28F6O/c1-3-5-20-6-9-23(10-7-20)25-14-11-24(17-28(25)34)26-13-8-21(16-27(26)33)18-32(37,38)19-39-29-15-12-22(4-2)30(35)31(29)36/h6-17H,3-5,18-19H2,1-2H3. The third-order valence-corrected chi connectivity index (χ3v) is 6.53. The van der Waals surface area contributed by atoms with Gasteiger partial charge in [-0.3, -0.25) is 0 Å². The van der Waals surface area contributed by atoms with E-state index in [1.807, 2.05) is 24.3 Å². The van der Waals surface area contributed by atoms with Gasteiger partial charge in [0, 0.05) is 17.5 Å². The normalized spacial score (nSPS) is 11.6. The van der Waals surface area contributed by atoms with Crippen LogP contribution >= 0.6 is 0 Å². The summed E-state index contributed by atoms with van der Waals surface area (Å²) < 4.78 is 91.8. The highest BCUT2D eigenvalue weighted by atomic mass is 19.3. The second-order valence-corrected chi connectivity index (χ2v) is 9.48. The van der Waals surface area contributed by atoms with E-state index in [4.69, 9.17) is 4.74 Å². The lowest BCUT2D eigenvalue weighted by Gasteiger charge is -2.18. The van der Waals surface area contributed by atoms with Gasteiger partial charge in [-0.05, 0) is 58.9 Å². The molecule has 0 aliphatic carbocycles. The maximum Gasteiger partial charge on any atom is 0.285 e. The Morgan fingerprint density at radius 2 is 1.28 bits per heavy atom. The first-order valence-corrected chi connectivity index (χ1v) is 12.8. The zero-order valence-corrected chi connectivity index (χ0v) is 21.6. The fourth-order valence-electron chi connectivity index (χ4n) is 4.45. The first-order chi connectivity index (χ1) is 18.6. The number of aryl methyl sites for hydroxylation is 2. The van der Waals surface area contributed by atoms with Crippen LogP contribution in [-0.2, 0) is 19.3 Å². The van der Waals surface area contributed by atoms with Crippen LogP contribution in [0.4, 0.5) is 26.3 Å². The fourth-order valence-corrected chi connectivity index (χ4v) is 4.45. The maximum absolute atomic E-state index is 14.9. The Morgan fingerprint density at radius 3 is 1.92 bits per heavy atom. The number of benzene rings is 4. The predicted octanol–water partition coefficient (Wildman–Crippen LogP) is 9.35. The molecule has 4 aromatic rings. The van der Waals surface area contributed by atoms with Crippen LogP contribution in [0.25, 0.3) is 22.3 Å². The van der Waals surface area contributed by atoms with Gasteiger partial charge in [0.2, 0.25) is 5.82 Å². The maximum atomic E-state index is 14.9. The minimum absolute atomic E-state index is 0.0258. The van der Waals surface area contributed by atoms with Crippen LogP contribution in [0.15, 0.2) is 72.8 Å². The van der Waals surface area contributed by atoms with Crippen LogP contribution < -0.4 is 4.74 Å². The van der Waals surface area contributed by atoms with E-state index >= 15 is 0 Å². The van der Waals surface area contributed by atoms with Gasteiger partial charge in [0.15, 0.2) is 18.2 Å². The molecule has 0 saturated carbocycles. The highest BCUT2D eigenvalue weighted by Crippen LogP contribution is 2.32. The fraction of sp³-hybridized carbons (Fsp3) is 0.250. The zero-order valence-electron chi connectivity index (χ0n) is 21.6. The Hall–Kier alpha value is -3.74. The largest absolute Gasteiger partial charge is 0.484 e. The number of halogens is 6. The van der Waals surface area contributed by atoms with Crippen LogP contribution in [0.5, 0.6) is 5.75 Å². The summed E-state index contributed by atoms with van der Waals surface area (Å²) in [7, 11) is 0. The summed E-state index contributed by atoms with van der Waals surface area (Å²) in [6.07, 6.45) is 1.29. The third kappa shape index (κ3) is 6.64. The van der Waals surface area contributed by atoms with Gasteiger partial charge in [0.05, 0.1) is 0 Å². The van der Waals surface area contributed by atoms with Gasteiger partial charge in [0.25, 0.3) is 5.92 Å². The second-order valence-electron chi connectivity index (χ2n) is 9.48. The van der Waals surface area contributed by atoms with Gasteiger partial charge >= 0.3 is 0 Å². The molecule has 0 fully saturated rings. The van der Waals surface area contributed by atoms with E-state index in [1.54, 1.807) is 19.1 Å². The lowest BCUT2D eigenvalue weighted by atomic mass is 9.97. The second kappa shape index (κ2) is 12.0. The Morgan fingerprint density at radius 1 is 0.667 bits per heavy atom. The SMILES string of the molecule is CCCc1ccc(-c2ccc(-c3ccc(CC(F)(F)COc4ccc(CC)c(F)c4F)cc3F)cc2F)cc1. The highest BCUT2D eigenvalue weighted by molar-refractivity contribution is 5.71. The molecule has 4 aromatic carbocycles. The molecule has 204 valence electrons. The quantitative estimate of drug-likeness (QED) is 0.182. The minimum atomic E-state index is -3.49. The van der Waals surface area contributed by atoms with Gasteiger partial charge < -0.3 is 4.74 Å². The molecular weight excluding hydrogens is 514 g/mol. The van der Waals surface area contributed by atoms with E-state index < -0.39 is 48.0 Å². The van der Waals surface area contributed by atoms with Crippen molar-refractivity contribution in [1.29, 1.82) is 0 Å². The predicted molar refractivity (Wildman–Crippen MR) is 141 cm³/mol. The van der Waals surface area contributed by atoms with Crippen molar-refractivity contribution >= 4 is 0 Å². The highest BCUT2D eigenvalue weighted by Gasteiger charge is 2.31. The minimum Gasteiger partial charge on any atom is -0.484 e. The molecule has 0 unspecified atom stereocenters.